The number of hydrogen-bond acceptors (Lipinski definition) is 2. The molecule has 0 saturated heterocycles. The van der Waals surface area contributed by atoms with Crippen molar-refractivity contribution in [2.24, 2.45) is 5.73 Å². The van der Waals surface area contributed by atoms with Gasteiger partial charge in [0, 0.05) is 23.8 Å². The van der Waals surface area contributed by atoms with E-state index in [1.807, 2.05) is 37.5 Å². The van der Waals surface area contributed by atoms with Gasteiger partial charge >= 0.3 is 0 Å². The maximum absolute atomic E-state index is 5.84. The van der Waals surface area contributed by atoms with Gasteiger partial charge < -0.3 is 5.73 Å². The Morgan fingerprint density at radius 3 is 2.77 bits per heavy atom. The molecule has 0 fully saturated rings. The largest absolute Gasteiger partial charge is 0.324 e. The molecule has 13 heavy (non-hydrogen) atoms. The molecule has 2 aromatic rings. The number of benzene rings is 1. The molecular weight excluding hydrogens is 160 g/mol. The summed E-state index contributed by atoms with van der Waals surface area (Å²) >= 11 is 0. The summed E-state index contributed by atoms with van der Waals surface area (Å²) in [6.07, 6.45) is 3.70. The Kier molecular flexibility index (Phi) is 1.99. The quantitative estimate of drug-likeness (QED) is 0.716. The van der Waals surface area contributed by atoms with Crippen LogP contribution in [0.25, 0.3) is 10.8 Å². The van der Waals surface area contributed by atoms with Crippen molar-refractivity contribution in [1.29, 1.82) is 0 Å². The fourth-order valence-corrected chi connectivity index (χ4v) is 1.50. The van der Waals surface area contributed by atoms with Crippen molar-refractivity contribution in [3.8, 4) is 0 Å². The molecule has 66 valence electrons. The smallest absolute Gasteiger partial charge is 0.0346 e. The third kappa shape index (κ3) is 1.40. The van der Waals surface area contributed by atoms with Crippen LogP contribution in [-0.2, 0) is 0 Å². The van der Waals surface area contributed by atoms with Gasteiger partial charge in [-0.1, -0.05) is 24.3 Å². The van der Waals surface area contributed by atoms with Crippen LogP contribution in [-0.4, -0.2) is 4.98 Å². The zero-order valence-corrected chi connectivity index (χ0v) is 7.57. The summed E-state index contributed by atoms with van der Waals surface area (Å²) in [6.45, 7) is 1.98. The summed E-state index contributed by atoms with van der Waals surface area (Å²) in [4.78, 5) is 4.15. The summed E-state index contributed by atoms with van der Waals surface area (Å²) in [5.74, 6) is 0. The average Bonchev–Trinajstić information content (AvgIpc) is 2.17. The third-order valence-electron chi connectivity index (χ3n) is 2.19. The molecule has 2 heteroatoms. The monoisotopic (exact) mass is 172 g/mol. The van der Waals surface area contributed by atoms with Crippen molar-refractivity contribution in [1.82, 2.24) is 4.98 Å². The summed E-state index contributed by atoms with van der Waals surface area (Å²) in [6, 6.07) is 8.20. The van der Waals surface area contributed by atoms with Crippen LogP contribution in [0.1, 0.15) is 18.5 Å². The summed E-state index contributed by atoms with van der Waals surface area (Å²) < 4.78 is 0. The van der Waals surface area contributed by atoms with Crippen LogP contribution in [0.3, 0.4) is 0 Å². The number of nitrogens with two attached hydrogens (primary N) is 1. The van der Waals surface area contributed by atoms with E-state index in [1.165, 1.54) is 5.39 Å². The third-order valence-corrected chi connectivity index (χ3v) is 2.19. The number of pyridine rings is 1. The molecule has 2 N–H and O–H groups in total. The molecule has 0 aliphatic heterocycles. The van der Waals surface area contributed by atoms with Crippen LogP contribution in [0.5, 0.6) is 0 Å². The minimum atomic E-state index is 0.0404. The van der Waals surface area contributed by atoms with Crippen LogP contribution in [0.15, 0.2) is 36.7 Å². The first-order valence-electron chi connectivity index (χ1n) is 4.37. The van der Waals surface area contributed by atoms with Gasteiger partial charge in [0.15, 0.2) is 0 Å². The van der Waals surface area contributed by atoms with Gasteiger partial charge in [-0.3, -0.25) is 4.98 Å². The van der Waals surface area contributed by atoms with Gasteiger partial charge in [0.2, 0.25) is 0 Å². The van der Waals surface area contributed by atoms with Gasteiger partial charge in [-0.25, -0.2) is 0 Å². The van der Waals surface area contributed by atoms with Gasteiger partial charge in [0.05, 0.1) is 0 Å². The molecular formula is C11H12N2. The van der Waals surface area contributed by atoms with E-state index in [0.717, 1.165) is 10.9 Å². The molecule has 0 amide bonds. The van der Waals surface area contributed by atoms with E-state index in [2.05, 4.69) is 11.1 Å². The van der Waals surface area contributed by atoms with E-state index >= 15 is 0 Å². The zero-order chi connectivity index (χ0) is 9.26. The number of nitrogens with zero attached hydrogens (tertiary/aromatic N) is 1. The topological polar surface area (TPSA) is 38.9 Å². The Morgan fingerprint density at radius 2 is 2.00 bits per heavy atom. The molecule has 0 saturated carbocycles. The number of aromatic nitrogens is 1. The lowest BCUT2D eigenvalue weighted by atomic mass is 10.0. The van der Waals surface area contributed by atoms with Crippen molar-refractivity contribution in [3.63, 3.8) is 0 Å². The maximum Gasteiger partial charge on any atom is 0.0346 e. The summed E-state index contributed by atoms with van der Waals surface area (Å²) in [5, 5.41) is 2.35. The van der Waals surface area contributed by atoms with Crippen molar-refractivity contribution < 1.29 is 0 Å². The first kappa shape index (κ1) is 8.20. The Bertz CT molecular complexity index is 416. The fraction of sp³-hybridized carbons (Fsp3) is 0.182. The highest BCUT2D eigenvalue weighted by Gasteiger charge is 2.03. The van der Waals surface area contributed by atoms with Crippen LogP contribution < -0.4 is 5.73 Å². The molecule has 0 unspecified atom stereocenters. The summed E-state index contributed by atoms with van der Waals surface area (Å²) in [7, 11) is 0. The lowest BCUT2D eigenvalue weighted by molar-refractivity contribution is 0.821. The van der Waals surface area contributed by atoms with Crippen LogP contribution in [0, 0.1) is 0 Å². The molecule has 0 spiro atoms. The minimum Gasteiger partial charge on any atom is -0.324 e. The Hall–Kier alpha value is -1.41. The average molecular weight is 172 g/mol. The van der Waals surface area contributed by atoms with Gasteiger partial charge in [0.1, 0.15) is 0 Å². The fourth-order valence-electron chi connectivity index (χ4n) is 1.50. The molecule has 1 atom stereocenters. The van der Waals surface area contributed by atoms with Gasteiger partial charge in [0.25, 0.3) is 0 Å². The maximum atomic E-state index is 5.84. The van der Waals surface area contributed by atoms with Crippen molar-refractivity contribution in [2.75, 3.05) is 0 Å². The molecule has 1 heterocycles. The molecule has 1 aromatic heterocycles. The van der Waals surface area contributed by atoms with E-state index in [9.17, 15) is 0 Å². The molecule has 0 aliphatic carbocycles. The standard InChI is InChI=1S/C11H12N2/c1-8(12)11-7-13-6-9-4-2-3-5-10(9)11/h2-8H,12H2,1H3/t8-/m0/s1. The molecule has 1 aromatic carbocycles. The van der Waals surface area contributed by atoms with E-state index in [1.54, 1.807) is 0 Å². The predicted molar refractivity (Wildman–Crippen MR) is 54.3 cm³/mol. The van der Waals surface area contributed by atoms with E-state index in [-0.39, 0.29) is 6.04 Å². The summed E-state index contributed by atoms with van der Waals surface area (Å²) in [5.41, 5.74) is 6.95. The lowest BCUT2D eigenvalue weighted by Gasteiger charge is -2.08. The highest BCUT2D eigenvalue weighted by molar-refractivity contribution is 5.84. The Balaban J connectivity index is 2.76. The van der Waals surface area contributed by atoms with Gasteiger partial charge in [-0.05, 0) is 17.9 Å². The minimum absolute atomic E-state index is 0.0404. The van der Waals surface area contributed by atoms with Crippen molar-refractivity contribution in [3.05, 3.63) is 42.2 Å². The van der Waals surface area contributed by atoms with E-state index in [4.69, 9.17) is 5.73 Å². The highest BCUT2D eigenvalue weighted by atomic mass is 14.7. The van der Waals surface area contributed by atoms with Crippen molar-refractivity contribution >= 4 is 10.8 Å². The Morgan fingerprint density at radius 1 is 1.23 bits per heavy atom. The molecule has 0 radical (unpaired) electrons. The second kappa shape index (κ2) is 3.15. The number of hydrogen-bond donors (Lipinski definition) is 1. The number of rotatable bonds is 1. The van der Waals surface area contributed by atoms with Crippen LogP contribution >= 0.6 is 0 Å². The second-order valence-corrected chi connectivity index (χ2v) is 3.24. The SMILES string of the molecule is C[C@H](N)c1cncc2ccccc12. The van der Waals surface area contributed by atoms with E-state index in [0.29, 0.717) is 0 Å². The van der Waals surface area contributed by atoms with Gasteiger partial charge in [-0.2, -0.15) is 0 Å². The predicted octanol–water partition coefficient (Wildman–Crippen LogP) is 2.25. The second-order valence-electron chi connectivity index (χ2n) is 3.24. The lowest BCUT2D eigenvalue weighted by Crippen LogP contribution is -2.05. The molecule has 0 aliphatic rings. The first-order chi connectivity index (χ1) is 6.29. The zero-order valence-electron chi connectivity index (χ0n) is 7.57. The van der Waals surface area contributed by atoms with E-state index < -0.39 is 0 Å². The molecule has 2 nitrogen and oxygen atoms in total. The van der Waals surface area contributed by atoms with Gasteiger partial charge in [-0.15, -0.1) is 0 Å². The normalized spacial score (nSPS) is 13.1. The molecule has 0 bridgehead atoms. The highest BCUT2D eigenvalue weighted by Crippen LogP contribution is 2.20. The Labute approximate surface area is 77.4 Å². The molecule has 2 rings (SSSR count). The van der Waals surface area contributed by atoms with Crippen molar-refractivity contribution in [2.45, 2.75) is 13.0 Å². The van der Waals surface area contributed by atoms with Crippen LogP contribution in [0.2, 0.25) is 0 Å². The number of fused-ring (bicyclic) bond motifs is 1. The first-order valence-corrected chi connectivity index (χ1v) is 4.37. The van der Waals surface area contributed by atoms with Crippen LogP contribution in [0.4, 0.5) is 0 Å².